The molecule has 41 heavy (non-hydrogen) atoms. The van der Waals surface area contributed by atoms with Gasteiger partial charge in [0.05, 0.1) is 42.5 Å². The molecule has 1 aromatic carbocycles. The number of aliphatic carboxylic acids is 1. The maximum Gasteiger partial charge on any atom is 0.306 e. The molecule has 2 aromatic heterocycles. The van der Waals surface area contributed by atoms with Crippen molar-refractivity contribution in [2.24, 2.45) is 11.8 Å². The molecule has 1 aliphatic carbocycles. The average Bonchev–Trinajstić information content (AvgIpc) is 3.47. The van der Waals surface area contributed by atoms with Gasteiger partial charge in [-0.25, -0.2) is 14.4 Å². The molecule has 1 N–H and O–H groups in total. The van der Waals surface area contributed by atoms with Crippen LogP contribution in [-0.4, -0.2) is 51.1 Å². The van der Waals surface area contributed by atoms with Crippen LogP contribution in [-0.2, 0) is 17.8 Å². The molecule has 2 fully saturated rings. The van der Waals surface area contributed by atoms with Gasteiger partial charge in [-0.3, -0.25) is 14.7 Å². The lowest BCUT2D eigenvalue weighted by Gasteiger charge is -2.37. The molecular formula is C32H37FN4O4. The van der Waals surface area contributed by atoms with Gasteiger partial charge in [-0.2, -0.15) is 0 Å². The van der Waals surface area contributed by atoms with Gasteiger partial charge in [-0.05, 0) is 80.6 Å². The highest BCUT2D eigenvalue weighted by molar-refractivity contribution is 5.71. The van der Waals surface area contributed by atoms with Gasteiger partial charge in [0.25, 0.3) is 0 Å². The molecular weight excluding hydrogens is 523 g/mol. The van der Waals surface area contributed by atoms with E-state index in [9.17, 15) is 14.3 Å². The number of methoxy groups -OCH3 is 1. The Balaban J connectivity index is 1.31. The zero-order valence-corrected chi connectivity index (χ0v) is 23.7. The summed E-state index contributed by atoms with van der Waals surface area (Å²) in [7, 11) is 1.50. The van der Waals surface area contributed by atoms with E-state index in [2.05, 4.69) is 28.1 Å². The summed E-state index contributed by atoms with van der Waals surface area (Å²) in [5.74, 6) is -0.231. The quantitative estimate of drug-likeness (QED) is 0.343. The maximum atomic E-state index is 14.9. The first-order valence-electron chi connectivity index (χ1n) is 14.7. The fourth-order valence-electron chi connectivity index (χ4n) is 6.52. The fourth-order valence-corrected chi connectivity index (χ4v) is 6.52. The Bertz CT molecular complexity index is 1420. The number of carboxylic acids is 1. The largest absolute Gasteiger partial charge is 0.484 e. The molecule has 4 heterocycles. The van der Waals surface area contributed by atoms with E-state index in [1.165, 1.54) is 7.11 Å². The molecule has 3 aromatic rings. The summed E-state index contributed by atoms with van der Waals surface area (Å²) in [6.45, 7) is 4.33. The van der Waals surface area contributed by atoms with Crippen LogP contribution in [0.4, 0.5) is 4.39 Å². The number of nitrogens with zero attached hydrogens (tertiary/aromatic N) is 4. The standard InChI is InChI=1S/C32H37FN4O4/c1-19(32(38)39)30(21-6-5-7-21)22-9-8-20-10-11-27(41-28(20)14-22)25-17-35-31(23-15-29(40-2)34-16-24(23)33)26(36-25)18-37-12-3-4-13-37/h8-9,14-17,19,21,27,30H,3-7,10-13,18H2,1-2H3,(H,38,39)/t19-,27?,30?/m0/s1. The Kier molecular flexibility index (Phi) is 7.88. The second-order valence-corrected chi connectivity index (χ2v) is 11.6. The third kappa shape index (κ3) is 5.64. The summed E-state index contributed by atoms with van der Waals surface area (Å²) in [6.07, 6.45) is 9.67. The molecule has 1 saturated carbocycles. The first kappa shape index (κ1) is 27.6. The van der Waals surface area contributed by atoms with Crippen molar-refractivity contribution >= 4 is 5.97 Å². The van der Waals surface area contributed by atoms with E-state index in [0.29, 0.717) is 35.3 Å². The summed E-state index contributed by atoms with van der Waals surface area (Å²) >= 11 is 0. The summed E-state index contributed by atoms with van der Waals surface area (Å²) < 4.78 is 26.7. The van der Waals surface area contributed by atoms with Gasteiger partial charge in [0, 0.05) is 18.2 Å². The van der Waals surface area contributed by atoms with E-state index in [1.807, 2.05) is 6.92 Å². The average molecular weight is 561 g/mol. The minimum Gasteiger partial charge on any atom is -0.484 e. The molecule has 3 aliphatic rings. The Hall–Kier alpha value is -3.59. The summed E-state index contributed by atoms with van der Waals surface area (Å²) in [6, 6.07) is 7.80. The number of likely N-dealkylation sites (tertiary alicyclic amines) is 1. The number of fused-ring (bicyclic) bond motifs is 1. The Morgan fingerprint density at radius 3 is 2.66 bits per heavy atom. The number of carbonyl (C=O) groups is 1. The minimum absolute atomic E-state index is 0.0334. The van der Waals surface area contributed by atoms with Crippen LogP contribution in [0.25, 0.3) is 11.3 Å². The number of benzene rings is 1. The number of pyridine rings is 1. The van der Waals surface area contributed by atoms with Gasteiger partial charge in [0.15, 0.2) is 5.82 Å². The molecule has 8 nitrogen and oxygen atoms in total. The lowest BCUT2D eigenvalue weighted by molar-refractivity contribution is -0.142. The highest BCUT2D eigenvalue weighted by Crippen LogP contribution is 2.46. The lowest BCUT2D eigenvalue weighted by Crippen LogP contribution is -2.30. The van der Waals surface area contributed by atoms with Gasteiger partial charge in [0.1, 0.15) is 11.9 Å². The van der Waals surface area contributed by atoms with Crippen molar-refractivity contribution in [1.82, 2.24) is 19.9 Å². The van der Waals surface area contributed by atoms with Crippen molar-refractivity contribution in [2.45, 2.75) is 70.4 Å². The Morgan fingerprint density at radius 1 is 1.15 bits per heavy atom. The van der Waals surface area contributed by atoms with Crippen LogP contribution < -0.4 is 9.47 Å². The smallest absolute Gasteiger partial charge is 0.306 e. The summed E-state index contributed by atoms with van der Waals surface area (Å²) in [5.41, 5.74) is 4.38. The number of aryl methyl sites for hydroxylation is 1. The van der Waals surface area contributed by atoms with E-state index < -0.39 is 17.7 Å². The van der Waals surface area contributed by atoms with Gasteiger partial charge in [0.2, 0.25) is 5.88 Å². The first-order valence-corrected chi connectivity index (χ1v) is 14.7. The summed E-state index contributed by atoms with van der Waals surface area (Å²) in [5, 5.41) is 9.81. The van der Waals surface area contributed by atoms with Gasteiger partial charge < -0.3 is 14.6 Å². The molecule has 2 aliphatic heterocycles. The third-order valence-electron chi connectivity index (χ3n) is 9.07. The number of carboxylic acid groups (broad SMARTS) is 1. The monoisotopic (exact) mass is 560 g/mol. The van der Waals surface area contributed by atoms with E-state index in [-0.39, 0.29) is 12.0 Å². The highest BCUT2D eigenvalue weighted by Gasteiger charge is 2.36. The van der Waals surface area contributed by atoms with Crippen molar-refractivity contribution in [3.05, 3.63) is 65.0 Å². The first-order chi connectivity index (χ1) is 19.9. The third-order valence-corrected chi connectivity index (χ3v) is 9.07. The molecule has 2 unspecified atom stereocenters. The Morgan fingerprint density at radius 2 is 1.95 bits per heavy atom. The molecule has 9 heteroatoms. The molecule has 0 spiro atoms. The molecule has 6 rings (SSSR count). The van der Waals surface area contributed by atoms with Crippen molar-refractivity contribution in [3.63, 3.8) is 0 Å². The molecule has 0 radical (unpaired) electrons. The highest BCUT2D eigenvalue weighted by atomic mass is 19.1. The van der Waals surface area contributed by atoms with Crippen LogP contribution >= 0.6 is 0 Å². The van der Waals surface area contributed by atoms with Crippen LogP contribution in [0.5, 0.6) is 11.6 Å². The maximum absolute atomic E-state index is 14.9. The molecule has 0 bridgehead atoms. The van der Waals surface area contributed by atoms with Crippen LogP contribution in [0.15, 0.2) is 36.7 Å². The predicted octanol–water partition coefficient (Wildman–Crippen LogP) is 5.95. The molecule has 0 amide bonds. The van der Waals surface area contributed by atoms with Crippen LogP contribution in [0, 0.1) is 17.7 Å². The number of ether oxygens (including phenoxy) is 2. The van der Waals surface area contributed by atoms with E-state index >= 15 is 0 Å². The van der Waals surface area contributed by atoms with Crippen LogP contribution in [0.2, 0.25) is 0 Å². The van der Waals surface area contributed by atoms with Crippen molar-refractivity contribution in [1.29, 1.82) is 0 Å². The second kappa shape index (κ2) is 11.7. The molecule has 216 valence electrons. The second-order valence-electron chi connectivity index (χ2n) is 11.6. The van der Waals surface area contributed by atoms with Crippen molar-refractivity contribution < 1.29 is 23.8 Å². The predicted molar refractivity (Wildman–Crippen MR) is 151 cm³/mol. The Labute approximate surface area is 239 Å². The van der Waals surface area contributed by atoms with Crippen LogP contribution in [0.1, 0.15) is 80.0 Å². The lowest BCUT2D eigenvalue weighted by atomic mass is 9.68. The topological polar surface area (TPSA) is 97.7 Å². The van der Waals surface area contributed by atoms with Crippen molar-refractivity contribution in [2.75, 3.05) is 20.2 Å². The number of hydrogen-bond acceptors (Lipinski definition) is 7. The van der Waals surface area contributed by atoms with Crippen LogP contribution in [0.3, 0.4) is 0 Å². The number of rotatable bonds is 9. The molecule has 3 atom stereocenters. The van der Waals surface area contributed by atoms with Gasteiger partial charge in [-0.15, -0.1) is 0 Å². The van der Waals surface area contributed by atoms with E-state index in [4.69, 9.17) is 19.4 Å². The van der Waals surface area contributed by atoms with Gasteiger partial charge in [-0.1, -0.05) is 25.5 Å². The molecule has 1 saturated heterocycles. The SMILES string of the molecule is COc1cc(-c2ncc(C3CCc4ccc(C(C5CCC5)[C@H](C)C(=O)O)cc4O3)nc2CN2CCCC2)c(F)cn1. The van der Waals surface area contributed by atoms with Gasteiger partial charge >= 0.3 is 5.97 Å². The number of aromatic nitrogens is 3. The van der Waals surface area contributed by atoms with Crippen molar-refractivity contribution in [3.8, 4) is 22.9 Å². The number of halogens is 1. The zero-order valence-electron chi connectivity index (χ0n) is 23.7. The number of hydrogen-bond donors (Lipinski definition) is 1. The zero-order chi connectivity index (χ0) is 28.5. The fraction of sp³-hybridized carbons (Fsp3) is 0.500. The van der Waals surface area contributed by atoms with E-state index in [1.54, 1.807) is 12.3 Å². The normalized spacial score (nSPS) is 20.5. The minimum atomic E-state index is -0.762. The van der Waals surface area contributed by atoms with E-state index in [0.717, 1.165) is 86.8 Å². The summed E-state index contributed by atoms with van der Waals surface area (Å²) in [4.78, 5) is 28.0.